The lowest BCUT2D eigenvalue weighted by atomic mass is 10.00. The first-order valence-corrected chi connectivity index (χ1v) is 8.48. The fourth-order valence-corrected chi connectivity index (χ4v) is 3.00. The highest BCUT2D eigenvalue weighted by atomic mass is 32.2. The molecule has 2 atom stereocenters. The van der Waals surface area contributed by atoms with Gasteiger partial charge in [-0.05, 0) is 18.6 Å². The number of rotatable bonds is 5. The lowest BCUT2D eigenvalue weighted by Crippen LogP contribution is -2.27. The van der Waals surface area contributed by atoms with E-state index in [0.717, 1.165) is 18.7 Å². The Hall–Kier alpha value is -0.980. The predicted molar refractivity (Wildman–Crippen MR) is 73.6 cm³/mol. The quantitative estimate of drug-likeness (QED) is 0.821. The van der Waals surface area contributed by atoms with E-state index in [1.54, 1.807) is 6.20 Å². The van der Waals surface area contributed by atoms with E-state index in [2.05, 4.69) is 4.98 Å². The van der Waals surface area contributed by atoms with Crippen LogP contribution >= 0.6 is 0 Å². The molecule has 19 heavy (non-hydrogen) atoms. The lowest BCUT2D eigenvalue weighted by molar-refractivity contribution is 0.141. The van der Waals surface area contributed by atoms with Gasteiger partial charge in [0.2, 0.25) is 0 Å². The third kappa shape index (κ3) is 4.56. The zero-order valence-corrected chi connectivity index (χ0v) is 11.9. The summed E-state index contributed by atoms with van der Waals surface area (Å²) in [6, 6.07) is 5.75. The van der Waals surface area contributed by atoms with E-state index in [1.165, 1.54) is 6.26 Å². The van der Waals surface area contributed by atoms with E-state index >= 15 is 0 Å². The van der Waals surface area contributed by atoms with Gasteiger partial charge in [-0.2, -0.15) is 0 Å². The average molecular weight is 284 g/mol. The number of hydrogen-bond donors (Lipinski definition) is 1. The van der Waals surface area contributed by atoms with Gasteiger partial charge in [-0.15, -0.1) is 0 Å². The number of aliphatic hydroxyl groups is 1. The zero-order chi connectivity index (χ0) is 13.9. The fourth-order valence-electron chi connectivity index (χ4n) is 2.41. The number of nitrogens with zero attached hydrogens (tertiary/aromatic N) is 2. The van der Waals surface area contributed by atoms with Crippen LogP contribution in [0.15, 0.2) is 24.4 Å². The number of hydrogen-bond acceptors (Lipinski definition) is 5. The van der Waals surface area contributed by atoms with Crippen LogP contribution in [0.1, 0.15) is 5.69 Å². The van der Waals surface area contributed by atoms with E-state index < -0.39 is 15.9 Å². The number of aliphatic hydroxyl groups excluding tert-OH is 1. The Morgan fingerprint density at radius 3 is 2.84 bits per heavy atom. The molecule has 1 N–H and O–H groups in total. The van der Waals surface area contributed by atoms with E-state index in [4.69, 9.17) is 0 Å². The molecule has 2 rings (SSSR count). The van der Waals surface area contributed by atoms with Gasteiger partial charge in [-0.1, -0.05) is 6.07 Å². The van der Waals surface area contributed by atoms with Crippen LogP contribution in [0, 0.1) is 5.92 Å². The van der Waals surface area contributed by atoms with Crippen LogP contribution in [0.4, 0.5) is 0 Å². The maximum atomic E-state index is 11.1. The topological polar surface area (TPSA) is 70.5 Å². The second kappa shape index (κ2) is 5.98. The van der Waals surface area contributed by atoms with Crippen molar-refractivity contribution in [3.8, 4) is 0 Å². The Morgan fingerprint density at radius 2 is 2.21 bits per heavy atom. The summed E-state index contributed by atoms with van der Waals surface area (Å²) in [6.45, 7) is 1.77. The second-order valence-electron chi connectivity index (χ2n) is 5.24. The van der Waals surface area contributed by atoms with Gasteiger partial charge in [0.25, 0.3) is 0 Å². The summed E-state index contributed by atoms with van der Waals surface area (Å²) in [7, 11) is -2.94. The van der Waals surface area contributed by atoms with Gasteiger partial charge in [-0.25, -0.2) is 8.42 Å². The molecule has 0 radical (unpaired) electrons. The summed E-state index contributed by atoms with van der Waals surface area (Å²) >= 11 is 0. The van der Waals surface area contributed by atoms with Gasteiger partial charge in [-0.3, -0.25) is 9.88 Å². The summed E-state index contributed by atoms with van der Waals surface area (Å²) in [5, 5.41) is 10.0. The largest absolute Gasteiger partial charge is 0.391 e. The molecule has 1 aromatic heterocycles. The Morgan fingerprint density at radius 1 is 1.42 bits per heavy atom. The predicted octanol–water partition coefficient (Wildman–Crippen LogP) is -0.0386. The van der Waals surface area contributed by atoms with Crippen molar-refractivity contribution in [2.24, 2.45) is 5.92 Å². The van der Waals surface area contributed by atoms with Gasteiger partial charge in [0.1, 0.15) is 9.84 Å². The van der Waals surface area contributed by atoms with Gasteiger partial charge in [0, 0.05) is 43.7 Å². The van der Waals surface area contributed by atoms with Gasteiger partial charge in [0.15, 0.2) is 0 Å². The van der Waals surface area contributed by atoms with Crippen LogP contribution in [-0.4, -0.2) is 61.2 Å². The number of sulfone groups is 1. The van der Waals surface area contributed by atoms with Crippen molar-refractivity contribution in [3.05, 3.63) is 30.1 Å². The third-order valence-corrected chi connectivity index (χ3v) is 4.38. The van der Waals surface area contributed by atoms with Crippen LogP contribution < -0.4 is 0 Å². The molecule has 5 nitrogen and oxygen atoms in total. The molecule has 0 bridgehead atoms. The number of aromatic nitrogens is 1. The summed E-state index contributed by atoms with van der Waals surface area (Å²) < 4.78 is 22.3. The molecule has 0 amide bonds. The molecular formula is C13H20N2O3S. The number of pyridine rings is 1. The Bertz CT molecular complexity index is 504. The normalized spacial score (nSPS) is 24.7. The van der Waals surface area contributed by atoms with Crippen molar-refractivity contribution in [2.45, 2.75) is 12.5 Å². The lowest BCUT2D eigenvalue weighted by Gasteiger charge is -2.14. The van der Waals surface area contributed by atoms with Crippen molar-refractivity contribution in [2.75, 3.05) is 31.6 Å². The summed E-state index contributed by atoms with van der Waals surface area (Å²) in [5.41, 5.74) is 0.969. The molecule has 106 valence electrons. The molecule has 1 aromatic rings. The Labute approximate surface area is 114 Å². The van der Waals surface area contributed by atoms with E-state index in [1.807, 2.05) is 23.1 Å². The van der Waals surface area contributed by atoms with Gasteiger partial charge in [0.05, 0.1) is 11.9 Å². The monoisotopic (exact) mass is 284 g/mol. The second-order valence-corrected chi connectivity index (χ2v) is 7.50. The minimum absolute atomic E-state index is 0.134. The molecule has 0 aliphatic carbocycles. The SMILES string of the molecule is CS(=O)(=O)CCN1C[C@@H](Cc2ccccn2)[C@H](O)C1. The smallest absolute Gasteiger partial charge is 0.148 e. The van der Waals surface area contributed by atoms with E-state index in [-0.39, 0.29) is 11.7 Å². The van der Waals surface area contributed by atoms with Crippen LogP contribution in [0.2, 0.25) is 0 Å². The van der Waals surface area contributed by atoms with E-state index in [9.17, 15) is 13.5 Å². The zero-order valence-electron chi connectivity index (χ0n) is 11.1. The maximum absolute atomic E-state index is 11.1. The molecule has 1 fully saturated rings. The molecule has 0 aromatic carbocycles. The first kappa shape index (κ1) is 14.4. The molecule has 2 heterocycles. The Balaban J connectivity index is 1.87. The van der Waals surface area contributed by atoms with Crippen molar-refractivity contribution in [3.63, 3.8) is 0 Å². The highest BCUT2D eigenvalue weighted by molar-refractivity contribution is 7.90. The summed E-state index contributed by atoms with van der Waals surface area (Å²) in [6.07, 6.45) is 3.32. The van der Waals surface area contributed by atoms with Crippen LogP contribution in [0.25, 0.3) is 0 Å². The highest BCUT2D eigenvalue weighted by Gasteiger charge is 2.31. The van der Waals surface area contributed by atoms with Crippen molar-refractivity contribution in [1.82, 2.24) is 9.88 Å². The molecular weight excluding hydrogens is 264 g/mol. The van der Waals surface area contributed by atoms with Gasteiger partial charge < -0.3 is 5.11 Å². The Kier molecular flexibility index (Phi) is 4.54. The minimum atomic E-state index is -2.94. The molecule has 0 spiro atoms. The summed E-state index contributed by atoms with van der Waals surface area (Å²) in [4.78, 5) is 6.27. The van der Waals surface area contributed by atoms with Crippen LogP contribution in [-0.2, 0) is 16.3 Å². The molecule has 0 unspecified atom stereocenters. The number of likely N-dealkylation sites (tertiary alicyclic amines) is 1. The highest BCUT2D eigenvalue weighted by Crippen LogP contribution is 2.20. The number of β-amino-alcohol motifs (C(OH)–C–C–N with tert-alkyl or cyclic N) is 1. The minimum Gasteiger partial charge on any atom is -0.391 e. The standard InChI is InChI=1S/C13H20N2O3S/c1-19(17,18)7-6-15-9-11(13(16)10-15)8-12-4-2-3-5-14-12/h2-5,11,13,16H,6-10H2,1H3/t11-,13-/m1/s1. The van der Waals surface area contributed by atoms with Crippen molar-refractivity contribution in [1.29, 1.82) is 0 Å². The third-order valence-electron chi connectivity index (χ3n) is 3.46. The van der Waals surface area contributed by atoms with Crippen LogP contribution in [0.5, 0.6) is 0 Å². The van der Waals surface area contributed by atoms with Gasteiger partial charge >= 0.3 is 0 Å². The molecule has 1 aliphatic heterocycles. The first-order chi connectivity index (χ1) is 8.94. The van der Waals surface area contributed by atoms with Crippen LogP contribution in [0.3, 0.4) is 0 Å². The van der Waals surface area contributed by atoms with E-state index in [0.29, 0.717) is 13.1 Å². The molecule has 0 saturated carbocycles. The fraction of sp³-hybridized carbons (Fsp3) is 0.615. The average Bonchev–Trinajstić information content (AvgIpc) is 2.68. The first-order valence-electron chi connectivity index (χ1n) is 6.42. The maximum Gasteiger partial charge on any atom is 0.148 e. The van der Waals surface area contributed by atoms with Crippen molar-refractivity contribution >= 4 is 9.84 Å². The van der Waals surface area contributed by atoms with Crippen molar-refractivity contribution < 1.29 is 13.5 Å². The summed E-state index contributed by atoms with van der Waals surface area (Å²) in [5.74, 6) is 0.283. The molecule has 1 aliphatic rings. The molecule has 6 heteroatoms. The molecule has 1 saturated heterocycles.